The van der Waals surface area contributed by atoms with E-state index in [1.165, 1.54) is 36.5 Å². The van der Waals surface area contributed by atoms with Crippen molar-refractivity contribution in [1.82, 2.24) is 9.71 Å². The van der Waals surface area contributed by atoms with E-state index < -0.39 is 16.4 Å². The topological polar surface area (TPSA) is 116 Å². The average molecular weight is 436 g/mol. The van der Waals surface area contributed by atoms with E-state index in [0.29, 0.717) is 10.2 Å². The second kappa shape index (κ2) is 8.36. The van der Waals surface area contributed by atoms with Crippen molar-refractivity contribution in [2.24, 2.45) is 0 Å². The molecule has 4 aromatic rings. The number of rotatable bonds is 6. The minimum atomic E-state index is -0.646. The van der Waals surface area contributed by atoms with Crippen molar-refractivity contribution < 1.29 is 14.6 Å². The van der Waals surface area contributed by atoms with Crippen LogP contribution in [0.1, 0.15) is 21.5 Å². The molecule has 0 fully saturated rings. The number of anilines is 1. The van der Waals surface area contributed by atoms with Crippen LogP contribution in [0.4, 0.5) is 10.8 Å². The Kier molecular flexibility index (Phi) is 5.46. The van der Waals surface area contributed by atoms with Crippen LogP contribution < -0.4 is 15.7 Å². The highest BCUT2D eigenvalue weighted by Crippen LogP contribution is 2.29. The van der Waals surface area contributed by atoms with Gasteiger partial charge in [-0.1, -0.05) is 41.2 Å². The number of hydrogen-bond donors (Lipinski definition) is 1. The van der Waals surface area contributed by atoms with E-state index in [9.17, 15) is 19.7 Å². The number of fused-ring (bicyclic) bond motifs is 1. The average Bonchev–Trinajstić information content (AvgIpc) is 3.14. The number of nitrogens with one attached hydrogen (secondary N) is 1. The molecule has 1 N–H and O–H groups in total. The van der Waals surface area contributed by atoms with Gasteiger partial charge >= 0.3 is 0 Å². The molecule has 31 heavy (non-hydrogen) atoms. The first kappa shape index (κ1) is 20.2. The number of nitro benzene ring substituents is 1. The largest absolute Gasteiger partial charge is 0.406 e. The predicted octanol–water partition coefficient (Wildman–Crippen LogP) is 3.56. The highest BCUT2D eigenvalue weighted by molar-refractivity contribution is 7.22. The molecule has 0 atom stereocenters. The van der Waals surface area contributed by atoms with E-state index in [1.807, 2.05) is 31.2 Å². The number of carbonyl (C=O) groups is 1. The summed E-state index contributed by atoms with van der Waals surface area (Å²) in [5, 5.41) is 13.7. The number of hydrogen-bond acceptors (Lipinski definition) is 7. The maximum absolute atomic E-state index is 12.7. The molecule has 156 valence electrons. The minimum absolute atomic E-state index is 0.0641. The lowest BCUT2D eigenvalue weighted by Gasteiger charge is -2.10. The van der Waals surface area contributed by atoms with Crippen LogP contribution in [0.25, 0.3) is 10.2 Å². The summed E-state index contributed by atoms with van der Waals surface area (Å²) < 4.78 is 1.57. The fraction of sp³-hybridized carbons (Fsp3) is 0.0952. The third-order valence-electron chi connectivity index (χ3n) is 4.42. The number of aromatic nitrogens is 2. The first-order valence-corrected chi connectivity index (χ1v) is 9.99. The van der Waals surface area contributed by atoms with Crippen molar-refractivity contribution in [3.8, 4) is 0 Å². The van der Waals surface area contributed by atoms with E-state index in [4.69, 9.17) is 4.84 Å². The van der Waals surface area contributed by atoms with E-state index in [-0.39, 0.29) is 23.0 Å². The van der Waals surface area contributed by atoms with Crippen molar-refractivity contribution in [3.63, 3.8) is 0 Å². The summed E-state index contributed by atoms with van der Waals surface area (Å²) in [4.78, 5) is 45.5. The lowest BCUT2D eigenvalue weighted by molar-refractivity contribution is -0.384. The molecule has 0 spiro atoms. The van der Waals surface area contributed by atoms with Gasteiger partial charge in [0.25, 0.3) is 17.2 Å². The van der Waals surface area contributed by atoms with Gasteiger partial charge in [-0.3, -0.25) is 25.0 Å². The Morgan fingerprint density at radius 2 is 2.06 bits per heavy atom. The first-order chi connectivity index (χ1) is 14.9. The second-order valence-electron chi connectivity index (χ2n) is 6.70. The molecule has 0 bridgehead atoms. The van der Waals surface area contributed by atoms with Gasteiger partial charge in [0, 0.05) is 18.3 Å². The lowest BCUT2D eigenvalue weighted by atomic mass is 10.1. The fourth-order valence-corrected chi connectivity index (χ4v) is 3.83. The Morgan fingerprint density at radius 3 is 2.84 bits per heavy atom. The molecule has 10 heteroatoms. The van der Waals surface area contributed by atoms with Gasteiger partial charge in [-0.2, -0.15) is 4.73 Å². The van der Waals surface area contributed by atoms with E-state index >= 15 is 0 Å². The van der Waals surface area contributed by atoms with Gasteiger partial charge in [-0.15, -0.1) is 0 Å². The zero-order valence-electron chi connectivity index (χ0n) is 16.3. The Hall–Kier alpha value is -4.05. The fourth-order valence-electron chi connectivity index (χ4n) is 2.94. The normalized spacial score (nSPS) is 10.7. The maximum atomic E-state index is 12.7. The maximum Gasteiger partial charge on any atom is 0.295 e. The number of thiazole rings is 1. The molecular weight excluding hydrogens is 420 g/mol. The third-order valence-corrected chi connectivity index (χ3v) is 5.35. The minimum Gasteiger partial charge on any atom is -0.406 e. The summed E-state index contributed by atoms with van der Waals surface area (Å²) in [6, 6.07) is 14.8. The van der Waals surface area contributed by atoms with E-state index in [2.05, 4.69) is 10.3 Å². The van der Waals surface area contributed by atoms with Gasteiger partial charge in [0.1, 0.15) is 12.2 Å². The molecule has 0 aliphatic rings. The van der Waals surface area contributed by atoms with Gasteiger partial charge in [0.2, 0.25) is 0 Å². The van der Waals surface area contributed by atoms with Crippen LogP contribution in [0.15, 0.2) is 65.6 Å². The van der Waals surface area contributed by atoms with Gasteiger partial charge in [-0.05, 0) is 30.7 Å². The number of benzene rings is 2. The van der Waals surface area contributed by atoms with Crippen molar-refractivity contribution in [2.75, 3.05) is 5.32 Å². The molecule has 2 heterocycles. The quantitative estimate of drug-likeness (QED) is 0.365. The van der Waals surface area contributed by atoms with Crippen LogP contribution in [0.3, 0.4) is 0 Å². The highest BCUT2D eigenvalue weighted by atomic mass is 32.1. The Balaban J connectivity index is 1.52. The van der Waals surface area contributed by atoms with Gasteiger partial charge in [0.05, 0.1) is 15.1 Å². The molecular formula is C21H16N4O5S. The van der Waals surface area contributed by atoms with Crippen LogP contribution in [0.5, 0.6) is 0 Å². The summed E-state index contributed by atoms with van der Waals surface area (Å²) in [5.41, 5.74) is 1.69. The molecule has 0 radical (unpaired) electrons. The van der Waals surface area contributed by atoms with E-state index in [0.717, 1.165) is 27.2 Å². The number of pyridine rings is 1. The number of nitro groups is 1. The summed E-state index contributed by atoms with van der Waals surface area (Å²) in [6.45, 7) is 2.13. The predicted molar refractivity (Wildman–Crippen MR) is 116 cm³/mol. The molecule has 0 saturated carbocycles. The molecule has 1 amide bonds. The van der Waals surface area contributed by atoms with Gasteiger partial charge < -0.3 is 4.84 Å². The number of non-ortho nitro benzene ring substituents is 1. The number of nitrogens with zero attached hydrogens (tertiary/aromatic N) is 3. The van der Waals surface area contributed by atoms with Crippen LogP contribution >= 0.6 is 11.3 Å². The van der Waals surface area contributed by atoms with Crippen molar-refractivity contribution >= 4 is 38.3 Å². The van der Waals surface area contributed by atoms with Crippen LogP contribution in [-0.2, 0) is 6.61 Å². The standard InChI is InChI=1S/C21H16N4O5S/c1-13-4-2-5-14(10-13)12-30-24-9-3-6-16(20(24)27)19(26)23-21-22-17-8-7-15(25(28)29)11-18(17)31-21/h2-11H,12H2,1H3,(H,22,23,26). The van der Waals surface area contributed by atoms with E-state index in [1.54, 1.807) is 0 Å². The Labute approximate surface area is 179 Å². The smallest absolute Gasteiger partial charge is 0.295 e. The van der Waals surface area contributed by atoms with Crippen molar-refractivity contribution in [1.29, 1.82) is 0 Å². The molecule has 0 unspecified atom stereocenters. The monoisotopic (exact) mass is 436 g/mol. The molecule has 0 aliphatic heterocycles. The lowest BCUT2D eigenvalue weighted by Crippen LogP contribution is -2.32. The number of carbonyl (C=O) groups excluding carboxylic acids is 1. The zero-order valence-corrected chi connectivity index (χ0v) is 17.1. The summed E-state index contributed by atoms with van der Waals surface area (Å²) in [5.74, 6) is -0.646. The van der Waals surface area contributed by atoms with Gasteiger partial charge in [-0.25, -0.2) is 4.98 Å². The Morgan fingerprint density at radius 1 is 1.23 bits per heavy atom. The SMILES string of the molecule is Cc1cccc(COn2cccc(C(=O)Nc3nc4ccc([N+](=O)[O-])cc4s3)c2=O)c1. The molecule has 2 aromatic carbocycles. The zero-order chi connectivity index (χ0) is 22.0. The van der Waals surface area contributed by atoms with Crippen molar-refractivity contribution in [3.05, 3.63) is 98.0 Å². The first-order valence-electron chi connectivity index (χ1n) is 9.17. The van der Waals surface area contributed by atoms with Gasteiger partial charge in [0.15, 0.2) is 5.13 Å². The number of aryl methyl sites for hydroxylation is 1. The molecule has 4 rings (SSSR count). The summed E-state index contributed by atoms with van der Waals surface area (Å²) >= 11 is 1.08. The number of amides is 1. The summed E-state index contributed by atoms with van der Waals surface area (Å²) in [6.07, 6.45) is 1.44. The molecule has 0 aliphatic carbocycles. The highest BCUT2D eigenvalue weighted by Gasteiger charge is 2.16. The molecule has 0 saturated heterocycles. The molecule has 9 nitrogen and oxygen atoms in total. The van der Waals surface area contributed by atoms with Crippen LogP contribution in [0, 0.1) is 17.0 Å². The molecule has 2 aromatic heterocycles. The summed E-state index contributed by atoms with van der Waals surface area (Å²) in [7, 11) is 0. The van der Waals surface area contributed by atoms with Crippen molar-refractivity contribution in [2.45, 2.75) is 13.5 Å². The Bertz CT molecular complexity index is 1360. The van der Waals surface area contributed by atoms with Crippen LogP contribution in [0.2, 0.25) is 0 Å². The third kappa shape index (κ3) is 4.43. The second-order valence-corrected chi connectivity index (χ2v) is 7.73. The van der Waals surface area contributed by atoms with Crippen LogP contribution in [-0.4, -0.2) is 20.5 Å².